The SMILES string of the molecule is Cc1ccc(Sc2cc(F)cc(CCN)c2)c(C)c1. The van der Waals surface area contributed by atoms with Crippen molar-refractivity contribution in [1.82, 2.24) is 0 Å². The molecule has 0 aliphatic rings. The van der Waals surface area contributed by atoms with Gasteiger partial charge in [-0.2, -0.15) is 0 Å². The zero-order chi connectivity index (χ0) is 13.8. The lowest BCUT2D eigenvalue weighted by atomic mass is 10.1. The van der Waals surface area contributed by atoms with Gasteiger partial charge in [-0.15, -0.1) is 0 Å². The standard InChI is InChI=1S/C16H18FNS/c1-11-3-4-16(12(2)7-11)19-15-9-13(5-6-18)8-14(17)10-15/h3-4,7-10H,5-6,18H2,1-2H3. The van der Waals surface area contributed by atoms with Crippen LogP contribution >= 0.6 is 11.8 Å². The molecular formula is C16H18FNS. The fourth-order valence-electron chi connectivity index (χ4n) is 2.03. The highest BCUT2D eigenvalue weighted by Gasteiger charge is 2.05. The van der Waals surface area contributed by atoms with Crippen LogP contribution < -0.4 is 5.73 Å². The van der Waals surface area contributed by atoms with E-state index in [9.17, 15) is 4.39 Å². The lowest BCUT2D eigenvalue weighted by molar-refractivity contribution is 0.621. The van der Waals surface area contributed by atoms with Crippen molar-refractivity contribution in [2.24, 2.45) is 5.73 Å². The van der Waals surface area contributed by atoms with Crippen LogP contribution in [0.5, 0.6) is 0 Å². The second kappa shape index (κ2) is 6.22. The van der Waals surface area contributed by atoms with Crippen LogP contribution in [0.4, 0.5) is 4.39 Å². The molecule has 2 aromatic carbocycles. The highest BCUT2D eigenvalue weighted by atomic mass is 32.2. The van der Waals surface area contributed by atoms with E-state index in [2.05, 4.69) is 32.0 Å². The average Bonchev–Trinajstić information content (AvgIpc) is 2.32. The summed E-state index contributed by atoms with van der Waals surface area (Å²) in [6.45, 7) is 4.69. The maximum atomic E-state index is 13.6. The van der Waals surface area contributed by atoms with E-state index in [1.807, 2.05) is 6.07 Å². The molecule has 0 radical (unpaired) electrons. The fourth-order valence-corrected chi connectivity index (χ4v) is 3.02. The normalized spacial score (nSPS) is 10.7. The van der Waals surface area contributed by atoms with Gasteiger partial charge in [0.1, 0.15) is 5.82 Å². The lowest BCUT2D eigenvalue weighted by Gasteiger charge is -2.08. The first kappa shape index (κ1) is 14.1. The molecule has 0 saturated heterocycles. The Hall–Kier alpha value is -1.32. The van der Waals surface area contributed by atoms with Gasteiger partial charge in [-0.05, 0) is 62.2 Å². The average molecular weight is 275 g/mol. The van der Waals surface area contributed by atoms with Crippen molar-refractivity contribution >= 4 is 11.8 Å². The van der Waals surface area contributed by atoms with Crippen molar-refractivity contribution in [3.8, 4) is 0 Å². The molecule has 0 saturated carbocycles. The van der Waals surface area contributed by atoms with Gasteiger partial charge in [-0.25, -0.2) is 4.39 Å². The molecule has 0 atom stereocenters. The third kappa shape index (κ3) is 3.82. The Morgan fingerprint density at radius 1 is 1.11 bits per heavy atom. The molecule has 3 heteroatoms. The van der Waals surface area contributed by atoms with E-state index >= 15 is 0 Å². The van der Waals surface area contributed by atoms with Crippen molar-refractivity contribution in [1.29, 1.82) is 0 Å². The van der Waals surface area contributed by atoms with Crippen LogP contribution in [-0.4, -0.2) is 6.54 Å². The molecule has 1 nitrogen and oxygen atoms in total. The molecular weight excluding hydrogens is 257 g/mol. The van der Waals surface area contributed by atoms with Gasteiger partial charge in [-0.3, -0.25) is 0 Å². The number of aryl methyl sites for hydroxylation is 2. The smallest absolute Gasteiger partial charge is 0.124 e. The van der Waals surface area contributed by atoms with E-state index in [1.165, 1.54) is 11.1 Å². The van der Waals surface area contributed by atoms with Crippen molar-refractivity contribution in [2.75, 3.05) is 6.54 Å². The summed E-state index contributed by atoms with van der Waals surface area (Å²) < 4.78 is 13.6. The van der Waals surface area contributed by atoms with E-state index in [-0.39, 0.29) is 5.82 Å². The largest absolute Gasteiger partial charge is 0.330 e. The Labute approximate surface area is 118 Å². The molecule has 0 fully saturated rings. The van der Waals surface area contributed by atoms with Gasteiger partial charge in [0, 0.05) is 9.79 Å². The molecule has 100 valence electrons. The van der Waals surface area contributed by atoms with Crippen molar-refractivity contribution < 1.29 is 4.39 Å². The van der Waals surface area contributed by atoms with Gasteiger partial charge in [0.2, 0.25) is 0 Å². The fraction of sp³-hybridized carbons (Fsp3) is 0.250. The minimum absolute atomic E-state index is 0.196. The highest BCUT2D eigenvalue weighted by molar-refractivity contribution is 7.99. The molecule has 0 unspecified atom stereocenters. The van der Waals surface area contributed by atoms with Crippen LogP contribution in [0.15, 0.2) is 46.2 Å². The number of rotatable bonds is 4. The van der Waals surface area contributed by atoms with Gasteiger partial charge in [0.25, 0.3) is 0 Å². The number of halogens is 1. The molecule has 0 amide bonds. The van der Waals surface area contributed by atoms with Crippen LogP contribution in [0.1, 0.15) is 16.7 Å². The summed E-state index contributed by atoms with van der Waals surface area (Å²) in [5.41, 5.74) is 8.94. The summed E-state index contributed by atoms with van der Waals surface area (Å²) in [7, 11) is 0. The van der Waals surface area contributed by atoms with Crippen LogP contribution in [0.25, 0.3) is 0 Å². The first-order valence-electron chi connectivity index (χ1n) is 6.33. The maximum absolute atomic E-state index is 13.6. The Kier molecular flexibility index (Phi) is 4.61. The quantitative estimate of drug-likeness (QED) is 0.909. The number of benzene rings is 2. The highest BCUT2D eigenvalue weighted by Crippen LogP contribution is 2.31. The van der Waals surface area contributed by atoms with E-state index in [0.717, 1.165) is 15.4 Å². The summed E-state index contributed by atoms with van der Waals surface area (Å²) in [4.78, 5) is 2.09. The minimum atomic E-state index is -0.196. The lowest BCUT2D eigenvalue weighted by Crippen LogP contribution is -2.03. The predicted octanol–water partition coefficient (Wildman–Crippen LogP) is 4.09. The third-order valence-corrected chi connectivity index (χ3v) is 4.07. The second-order valence-electron chi connectivity index (χ2n) is 4.70. The van der Waals surface area contributed by atoms with Crippen molar-refractivity contribution in [3.05, 3.63) is 58.9 Å². The Morgan fingerprint density at radius 3 is 2.58 bits per heavy atom. The molecule has 0 bridgehead atoms. The van der Waals surface area contributed by atoms with Crippen molar-refractivity contribution in [3.63, 3.8) is 0 Å². The topological polar surface area (TPSA) is 26.0 Å². The molecule has 2 aromatic rings. The van der Waals surface area contributed by atoms with Gasteiger partial charge in [0.05, 0.1) is 0 Å². The number of nitrogens with two attached hydrogens (primary N) is 1. The molecule has 2 N–H and O–H groups in total. The number of hydrogen-bond acceptors (Lipinski definition) is 2. The molecule has 2 rings (SSSR count). The van der Waals surface area contributed by atoms with E-state index in [1.54, 1.807) is 23.9 Å². The monoisotopic (exact) mass is 275 g/mol. The summed E-state index contributed by atoms with van der Waals surface area (Å²) in [6.07, 6.45) is 0.707. The maximum Gasteiger partial charge on any atom is 0.124 e. The predicted molar refractivity (Wildman–Crippen MR) is 79.2 cm³/mol. The first-order valence-corrected chi connectivity index (χ1v) is 7.15. The van der Waals surface area contributed by atoms with Crippen LogP contribution in [0.3, 0.4) is 0 Å². The second-order valence-corrected chi connectivity index (χ2v) is 5.82. The van der Waals surface area contributed by atoms with E-state index < -0.39 is 0 Å². The zero-order valence-corrected chi connectivity index (χ0v) is 12.1. The number of hydrogen-bond donors (Lipinski definition) is 1. The van der Waals surface area contributed by atoms with E-state index in [4.69, 9.17) is 5.73 Å². The van der Waals surface area contributed by atoms with Crippen LogP contribution in [-0.2, 0) is 6.42 Å². The Morgan fingerprint density at radius 2 is 1.89 bits per heavy atom. The molecule has 0 spiro atoms. The summed E-state index contributed by atoms with van der Waals surface area (Å²) in [5.74, 6) is -0.196. The van der Waals surface area contributed by atoms with Gasteiger partial charge in [0.15, 0.2) is 0 Å². The van der Waals surface area contributed by atoms with Gasteiger partial charge in [-0.1, -0.05) is 29.5 Å². The first-order chi connectivity index (χ1) is 9.08. The molecule has 0 heterocycles. The van der Waals surface area contributed by atoms with Crippen LogP contribution in [0.2, 0.25) is 0 Å². The van der Waals surface area contributed by atoms with Crippen molar-refractivity contribution in [2.45, 2.75) is 30.1 Å². The summed E-state index contributed by atoms with van der Waals surface area (Å²) in [5, 5.41) is 0. The van der Waals surface area contributed by atoms with Gasteiger partial charge >= 0.3 is 0 Å². The summed E-state index contributed by atoms with van der Waals surface area (Å²) in [6, 6.07) is 11.4. The van der Waals surface area contributed by atoms with Crippen LogP contribution in [0, 0.1) is 19.7 Å². The third-order valence-electron chi connectivity index (χ3n) is 2.92. The zero-order valence-electron chi connectivity index (χ0n) is 11.2. The molecule has 0 aliphatic heterocycles. The molecule has 0 aliphatic carbocycles. The molecule has 0 aromatic heterocycles. The van der Waals surface area contributed by atoms with E-state index in [0.29, 0.717) is 13.0 Å². The summed E-state index contributed by atoms with van der Waals surface area (Å²) >= 11 is 1.60. The Balaban J connectivity index is 2.27. The van der Waals surface area contributed by atoms with Gasteiger partial charge < -0.3 is 5.73 Å². The Bertz CT molecular complexity index is 581. The minimum Gasteiger partial charge on any atom is -0.330 e. The molecule has 19 heavy (non-hydrogen) atoms.